The Morgan fingerprint density at radius 3 is 2.94 bits per heavy atom. The minimum atomic E-state index is -0.0941. The first-order valence-electron chi connectivity index (χ1n) is 11.2. The van der Waals surface area contributed by atoms with Crippen LogP contribution in [0.1, 0.15) is 43.2 Å². The highest BCUT2D eigenvalue weighted by atomic mass is 35.5. The topological polar surface area (TPSA) is 95.0 Å². The van der Waals surface area contributed by atoms with Gasteiger partial charge >= 0.3 is 0 Å². The number of rotatable bonds is 5. The Kier molecular flexibility index (Phi) is 5.70. The number of carbonyl (C=O) groups is 1. The lowest BCUT2D eigenvalue weighted by Crippen LogP contribution is -2.35. The Bertz CT molecular complexity index is 1400. The number of halogens is 1. The molecule has 9 heteroatoms. The maximum Gasteiger partial charge on any atom is 0.264 e. The molecule has 0 aliphatic heterocycles. The quantitative estimate of drug-likeness (QED) is 0.480. The number of pyridine rings is 1. The monoisotopic (exact) mass is 467 g/mol. The van der Waals surface area contributed by atoms with E-state index in [1.165, 1.54) is 0 Å². The van der Waals surface area contributed by atoms with Crippen LogP contribution in [0.4, 0.5) is 0 Å². The molecule has 0 bridgehead atoms. The molecule has 2 atom stereocenters. The third kappa shape index (κ3) is 4.04. The van der Waals surface area contributed by atoms with E-state index in [1.807, 2.05) is 40.6 Å². The van der Waals surface area contributed by atoms with Gasteiger partial charge in [-0.15, -0.1) is 0 Å². The van der Waals surface area contributed by atoms with Crippen LogP contribution in [0.2, 0.25) is 5.02 Å². The second-order valence-corrected chi connectivity index (χ2v) is 9.38. The molecule has 1 aromatic carbocycles. The maximum absolute atomic E-state index is 13.6. The fraction of sp³-hybridized carbons (Fsp3) is 0.417. The van der Waals surface area contributed by atoms with E-state index in [-0.39, 0.29) is 29.8 Å². The first-order chi connectivity index (χ1) is 15.9. The Labute approximate surface area is 195 Å². The SMILES string of the molecule is Cc1onc2c1c(=O)n([C@@H]1CCC[C@H](CNC(=O)Cc3cn(C)cn3)C1)c1cccc(Cl)c21. The van der Waals surface area contributed by atoms with E-state index in [1.54, 1.807) is 13.3 Å². The molecule has 1 fully saturated rings. The van der Waals surface area contributed by atoms with E-state index in [2.05, 4.69) is 15.5 Å². The van der Waals surface area contributed by atoms with Crippen LogP contribution in [-0.4, -0.2) is 31.7 Å². The fourth-order valence-electron chi connectivity index (χ4n) is 5.06. The number of hydrogen-bond acceptors (Lipinski definition) is 5. The number of aryl methyl sites for hydroxylation is 2. The fourth-order valence-corrected chi connectivity index (χ4v) is 5.32. The summed E-state index contributed by atoms with van der Waals surface area (Å²) in [5.74, 6) is 0.753. The minimum absolute atomic E-state index is 0.0172. The van der Waals surface area contributed by atoms with Crippen LogP contribution in [0.15, 0.2) is 40.0 Å². The largest absolute Gasteiger partial charge is 0.360 e. The molecule has 1 N–H and O–H groups in total. The first kappa shape index (κ1) is 21.7. The van der Waals surface area contributed by atoms with Gasteiger partial charge in [0.15, 0.2) is 0 Å². The van der Waals surface area contributed by atoms with E-state index in [9.17, 15) is 9.59 Å². The molecule has 1 saturated carbocycles. The van der Waals surface area contributed by atoms with Crippen molar-refractivity contribution < 1.29 is 9.32 Å². The highest BCUT2D eigenvalue weighted by Gasteiger charge is 2.28. The van der Waals surface area contributed by atoms with E-state index in [4.69, 9.17) is 16.1 Å². The maximum atomic E-state index is 13.6. The smallest absolute Gasteiger partial charge is 0.264 e. The molecule has 0 radical (unpaired) electrons. The molecule has 1 aliphatic carbocycles. The molecule has 3 aromatic heterocycles. The van der Waals surface area contributed by atoms with Crippen LogP contribution >= 0.6 is 11.6 Å². The Morgan fingerprint density at radius 1 is 1.30 bits per heavy atom. The van der Waals surface area contributed by atoms with Gasteiger partial charge in [0.2, 0.25) is 5.91 Å². The molecule has 1 aliphatic rings. The van der Waals surface area contributed by atoms with Gasteiger partial charge in [0, 0.05) is 31.2 Å². The highest BCUT2D eigenvalue weighted by molar-refractivity contribution is 6.37. The number of imidazole rings is 1. The lowest BCUT2D eigenvalue weighted by molar-refractivity contribution is -0.120. The van der Waals surface area contributed by atoms with Crippen LogP contribution in [0, 0.1) is 12.8 Å². The van der Waals surface area contributed by atoms with Crippen molar-refractivity contribution in [2.75, 3.05) is 6.54 Å². The molecular weight excluding hydrogens is 442 g/mol. The first-order valence-corrected chi connectivity index (χ1v) is 11.6. The number of hydrogen-bond donors (Lipinski definition) is 1. The van der Waals surface area contributed by atoms with Gasteiger partial charge in [-0.2, -0.15) is 0 Å². The summed E-state index contributed by atoms with van der Waals surface area (Å²) >= 11 is 6.54. The van der Waals surface area contributed by atoms with Gasteiger partial charge in [-0.05, 0) is 44.2 Å². The number of nitrogens with one attached hydrogen (secondary N) is 1. The molecular formula is C24H26ClN5O3. The van der Waals surface area contributed by atoms with E-state index < -0.39 is 0 Å². The van der Waals surface area contributed by atoms with Gasteiger partial charge in [0.25, 0.3) is 5.56 Å². The normalized spacial score (nSPS) is 18.8. The third-order valence-corrected chi connectivity index (χ3v) is 6.91. The van der Waals surface area contributed by atoms with Gasteiger partial charge in [0.05, 0.1) is 29.0 Å². The predicted octanol–water partition coefficient (Wildman–Crippen LogP) is 3.93. The van der Waals surface area contributed by atoms with Gasteiger partial charge < -0.3 is 19.0 Å². The standard InChI is InChI=1S/C24H26ClN5O3/c1-14-21-23(28-33-14)22-18(25)7-4-8-19(22)30(24(21)32)17-6-3-5-15(9-17)11-26-20(31)10-16-12-29(2)13-27-16/h4,7-8,12-13,15,17H,3,5-6,9-11H2,1-2H3,(H,26,31)/t15-,17+/m0/s1. The van der Waals surface area contributed by atoms with Gasteiger partial charge in [-0.1, -0.05) is 29.2 Å². The molecule has 1 amide bonds. The van der Waals surface area contributed by atoms with Crippen molar-refractivity contribution in [1.82, 2.24) is 24.6 Å². The second-order valence-electron chi connectivity index (χ2n) is 8.97. The molecule has 8 nitrogen and oxygen atoms in total. The number of amides is 1. The van der Waals surface area contributed by atoms with Gasteiger partial charge in [-0.25, -0.2) is 4.98 Å². The Morgan fingerprint density at radius 2 is 2.15 bits per heavy atom. The minimum Gasteiger partial charge on any atom is -0.360 e. The van der Waals surface area contributed by atoms with Crippen molar-refractivity contribution >= 4 is 39.3 Å². The van der Waals surface area contributed by atoms with E-state index >= 15 is 0 Å². The van der Waals surface area contributed by atoms with Gasteiger partial charge in [-0.3, -0.25) is 9.59 Å². The summed E-state index contributed by atoms with van der Waals surface area (Å²) in [5, 5.41) is 8.97. The van der Waals surface area contributed by atoms with Crippen molar-refractivity contribution in [3.8, 4) is 0 Å². The Hall–Kier alpha value is -3.13. The average molecular weight is 468 g/mol. The van der Waals surface area contributed by atoms with Crippen molar-refractivity contribution in [1.29, 1.82) is 0 Å². The lowest BCUT2D eigenvalue weighted by atomic mass is 9.85. The molecule has 172 valence electrons. The zero-order valence-electron chi connectivity index (χ0n) is 18.7. The molecule has 4 aromatic rings. The summed E-state index contributed by atoms with van der Waals surface area (Å²) in [6, 6.07) is 5.61. The van der Waals surface area contributed by atoms with Crippen molar-refractivity contribution in [2.45, 2.75) is 45.1 Å². The van der Waals surface area contributed by atoms with Crippen molar-refractivity contribution in [3.63, 3.8) is 0 Å². The summed E-state index contributed by atoms with van der Waals surface area (Å²) in [6.45, 7) is 2.34. The number of nitrogens with zero attached hydrogens (tertiary/aromatic N) is 4. The van der Waals surface area contributed by atoms with Crippen LogP contribution in [0.25, 0.3) is 21.8 Å². The average Bonchev–Trinajstić information content (AvgIpc) is 3.38. The predicted molar refractivity (Wildman–Crippen MR) is 126 cm³/mol. The van der Waals surface area contributed by atoms with E-state index in [0.717, 1.165) is 42.3 Å². The van der Waals surface area contributed by atoms with Crippen LogP contribution in [0.5, 0.6) is 0 Å². The van der Waals surface area contributed by atoms with E-state index in [0.29, 0.717) is 28.2 Å². The third-order valence-electron chi connectivity index (χ3n) is 6.59. The van der Waals surface area contributed by atoms with Crippen LogP contribution in [-0.2, 0) is 18.3 Å². The summed E-state index contributed by atoms with van der Waals surface area (Å²) in [7, 11) is 1.88. The summed E-state index contributed by atoms with van der Waals surface area (Å²) in [4.78, 5) is 30.2. The number of carbonyl (C=O) groups excluding carboxylic acids is 1. The number of aromatic nitrogens is 4. The zero-order chi connectivity index (χ0) is 23.1. The summed E-state index contributed by atoms with van der Waals surface area (Å²) in [5.41, 5.74) is 1.95. The second kappa shape index (κ2) is 8.67. The summed E-state index contributed by atoms with van der Waals surface area (Å²) < 4.78 is 9.06. The molecule has 3 heterocycles. The van der Waals surface area contributed by atoms with Crippen molar-refractivity contribution in [3.05, 3.63) is 57.6 Å². The van der Waals surface area contributed by atoms with Crippen molar-refractivity contribution in [2.24, 2.45) is 13.0 Å². The lowest BCUT2D eigenvalue weighted by Gasteiger charge is -2.31. The van der Waals surface area contributed by atoms with Gasteiger partial charge in [0.1, 0.15) is 16.7 Å². The van der Waals surface area contributed by atoms with Crippen LogP contribution in [0.3, 0.4) is 0 Å². The Balaban J connectivity index is 1.40. The summed E-state index contributed by atoms with van der Waals surface area (Å²) in [6.07, 6.45) is 7.52. The number of benzene rings is 1. The van der Waals surface area contributed by atoms with Crippen LogP contribution < -0.4 is 10.9 Å². The molecule has 33 heavy (non-hydrogen) atoms. The zero-order valence-corrected chi connectivity index (χ0v) is 19.4. The molecule has 0 saturated heterocycles. The molecule has 5 rings (SSSR count). The molecule has 0 spiro atoms. The number of fused-ring (bicyclic) bond motifs is 3. The highest BCUT2D eigenvalue weighted by Crippen LogP contribution is 2.36. The molecule has 0 unspecified atom stereocenters.